The van der Waals surface area contributed by atoms with Crippen molar-refractivity contribution in [3.05, 3.63) is 41.1 Å². The molecule has 2 unspecified atom stereocenters. The van der Waals surface area contributed by atoms with E-state index in [0.717, 1.165) is 0 Å². The van der Waals surface area contributed by atoms with Crippen molar-refractivity contribution >= 4 is 29.4 Å². The van der Waals surface area contributed by atoms with Gasteiger partial charge in [-0.3, -0.25) is 15.1 Å². The zero-order valence-corrected chi connectivity index (χ0v) is 16.6. The predicted octanol–water partition coefficient (Wildman–Crippen LogP) is 3.05. The van der Waals surface area contributed by atoms with Crippen LogP contribution in [0.2, 0.25) is 0 Å². The first-order valence-corrected chi connectivity index (χ1v) is 8.79. The molecular weight excluding hydrogens is 364 g/mol. The first-order valence-electron chi connectivity index (χ1n) is 8.79. The van der Waals surface area contributed by atoms with Crippen LogP contribution >= 0.6 is 0 Å². The highest BCUT2D eigenvalue weighted by molar-refractivity contribution is 6.07. The number of carbonyl (C=O) groups is 3. The van der Waals surface area contributed by atoms with Crippen molar-refractivity contribution in [3.63, 3.8) is 0 Å². The fourth-order valence-corrected chi connectivity index (χ4v) is 3.30. The third kappa shape index (κ3) is 4.39. The molecular formula is C20H24N2O6. The highest BCUT2D eigenvalue weighted by atomic mass is 16.5. The first-order chi connectivity index (χ1) is 13.3. The molecule has 1 heterocycles. The highest BCUT2D eigenvalue weighted by Gasteiger charge is 2.42. The Bertz CT molecular complexity index is 843. The summed E-state index contributed by atoms with van der Waals surface area (Å²) in [7, 11) is 2.56. The average Bonchev–Trinajstić information content (AvgIpc) is 2.66. The number of rotatable bonds is 5. The second-order valence-electron chi connectivity index (χ2n) is 6.19. The Morgan fingerprint density at radius 2 is 1.86 bits per heavy atom. The van der Waals surface area contributed by atoms with Crippen molar-refractivity contribution in [2.75, 3.05) is 26.1 Å². The van der Waals surface area contributed by atoms with Gasteiger partial charge in [0.1, 0.15) is 5.92 Å². The molecule has 1 aliphatic heterocycles. The van der Waals surface area contributed by atoms with Gasteiger partial charge in [-0.2, -0.15) is 0 Å². The molecule has 0 bridgehead atoms. The Morgan fingerprint density at radius 1 is 1.14 bits per heavy atom. The van der Waals surface area contributed by atoms with E-state index in [0.29, 0.717) is 22.7 Å². The number of methoxy groups -OCH3 is 2. The van der Waals surface area contributed by atoms with Gasteiger partial charge in [0.2, 0.25) is 0 Å². The number of amides is 1. The third-order valence-electron chi connectivity index (χ3n) is 4.46. The molecule has 1 aromatic rings. The Kier molecular flexibility index (Phi) is 6.92. The molecule has 1 N–H and O–H groups in total. The van der Waals surface area contributed by atoms with Crippen molar-refractivity contribution in [1.82, 2.24) is 0 Å². The lowest BCUT2D eigenvalue weighted by Crippen LogP contribution is -2.36. The molecule has 8 heteroatoms. The topological polar surface area (TPSA) is 103 Å². The standard InChI is InChI=1S/C20H24N2O6/c1-6-28-20(25)22-14-9-7-8-13(10-14)17-15(18(23)26-4)11(2)21-12(3)16(17)19(24)27-5/h7-10,15,17H,6H2,1-5H3,(H,22,25). The maximum atomic E-state index is 12.5. The van der Waals surface area contributed by atoms with Crippen LogP contribution in [0.1, 0.15) is 32.3 Å². The van der Waals surface area contributed by atoms with Gasteiger partial charge >= 0.3 is 18.0 Å². The summed E-state index contributed by atoms with van der Waals surface area (Å²) < 4.78 is 14.8. The van der Waals surface area contributed by atoms with E-state index in [4.69, 9.17) is 14.2 Å². The van der Waals surface area contributed by atoms with Crippen LogP contribution in [0.5, 0.6) is 0 Å². The van der Waals surface area contributed by atoms with Crippen LogP contribution in [0, 0.1) is 5.92 Å². The van der Waals surface area contributed by atoms with E-state index < -0.39 is 29.9 Å². The summed E-state index contributed by atoms with van der Waals surface area (Å²) in [5.41, 5.74) is 2.39. The lowest BCUT2D eigenvalue weighted by molar-refractivity contribution is -0.143. The third-order valence-corrected chi connectivity index (χ3v) is 4.46. The molecule has 2 atom stereocenters. The second-order valence-corrected chi connectivity index (χ2v) is 6.19. The summed E-state index contributed by atoms with van der Waals surface area (Å²) >= 11 is 0. The summed E-state index contributed by atoms with van der Waals surface area (Å²) in [5.74, 6) is -2.54. The highest BCUT2D eigenvalue weighted by Crippen LogP contribution is 2.40. The van der Waals surface area contributed by atoms with Crippen LogP contribution in [-0.2, 0) is 23.8 Å². The van der Waals surface area contributed by atoms with E-state index in [-0.39, 0.29) is 12.2 Å². The number of benzene rings is 1. The fourth-order valence-electron chi connectivity index (χ4n) is 3.30. The van der Waals surface area contributed by atoms with Crippen LogP contribution in [0.15, 0.2) is 40.5 Å². The molecule has 0 radical (unpaired) electrons. The van der Waals surface area contributed by atoms with E-state index in [1.807, 2.05) is 0 Å². The van der Waals surface area contributed by atoms with E-state index in [2.05, 4.69) is 10.3 Å². The molecule has 0 aliphatic carbocycles. The molecule has 150 valence electrons. The molecule has 1 aliphatic rings. The van der Waals surface area contributed by atoms with E-state index >= 15 is 0 Å². The minimum Gasteiger partial charge on any atom is -0.468 e. The zero-order valence-electron chi connectivity index (χ0n) is 16.6. The average molecular weight is 388 g/mol. The number of hydrogen-bond donors (Lipinski definition) is 1. The summed E-state index contributed by atoms with van der Waals surface area (Å²) in [4.78, 5) is 41.1. The molecule has 28 heavy (non-hydrogen) atoms. The number of nitrogens with zero attached hydrogens (tertiary/aromatic N) is 1. The van der Waals surface area contributed by atoms with Crippen LogP contribution in [0.25, 0.3) is 0 Å². The minimum absolute atomic E-state index is 0.239. The quantitative estimate of drug-likeness (QED) is 0.614. The normalized spacial score (nSPS) is 18.8. The Labute approximate surface area is 163 Å². The maximum absolute atomic E-state index is 12.5. The lowest BCUT2D eigenvalue weighted by Gasteiger charge is -2.31. The van der Waals surface area contributed by atoms with Crippen LogP contribution < -0.4 is 5.32 Å². The van der Waals surface area contributed by atoms with Crippen LogP contribution in [0.3, 0.4) is 0 Å². The van der Waals surface area contributed by atoms with Gasteiger partial charge in [0.25, 0.3) is 0 Å². The van der Waals surface area contributed by atoms with Crippen molar-refractivity contribution < 1.29 is 28.6 Å². The maximum Gasteiger partial charge on any atom is 0.411 e. The first kappa shape index (κ1) is 21.1. The molecule has 0 saturated carbocycles. The number of allylic oxidation sites excluding steroid dienone is 1. The number of ether oxygens (including phenoxy) is 3. The number of aliphatic imine (C=N–C) groups is 1. The summed E-state index contributed by atoms with van der Waals surface area (Å²) in [6.07, 6.45) is -0.592. The van der Waals surface area contributed by atoms with Gasteiger partial charge in [0.05, 0.1) is 26.4 Å². The lowest BCUT2D eigenvalue weighted by atomic mass is 9.75. The Balaban J connectivity index is 2.56. The van der Waals surface area contributed by atoms with Gasteiger partial charge in [0.15, 0.2) is 0 Å². The van der Waals surface area contributed by atoms with Crippen molar-refractivity contribution in [3.8, 4) is 0 Å². The van der Waals surface area contributed by atoms with Gasteiger partial charge in [-0.15, -0.1) is 0 Å². The van der Waals surface area contributed by atoms with Gasteiger partial charge in [0, 0.05) is 23.0 Å². The number of esters is 2. The Hall–Kier alpha value is -3.16. The van der Waals surface area contributed by atoms with Gasteiger partial charge in [-0.1, -0.05) is 12.1 Å². The van der Waals surface area contributed by atoms with Crippen LogP contribution in [0.4, 0.5) is 10.5 Å². The van der Waals surface area contributed by atoms with E-state index in [1.54, 1.807) is 45.0 Å². The number of anilines is 1. The molecule has 8 nitrogen and oxygen atoms in total. The van der Waals surface area contributed by atoms with Crippen LogP contribution in [-0.4, -0.2) is 44.6 Å². The molecule has 2 rings (SSSR count). The SMILES string of the molecule is CCOC(=O)Nc1cccc(C2C(C(=O)OC)=C(C)N=C(C)C2C(=O)OC)c1. The monoisotopic (exact) mass is 388 g/mol. The largest absolute Gasteiger partial charge is 0.468 e. The number of carbonyl (C=O) groups excluding carboxylic acids is 3. The fraction of sp³-hybridized carbons (Fsp3) is 0.400. The molecule has 1 aromatic carbocycles. The van der Waals surface area contributed by atoms with Gasteiger partial charge < -0.3 is 14.2 Å². The van der Waals surface area contributed by atoms with Crippen molar-refractivity contribution in [1.29, 1.82) is 0 Å². The van der Waals surface area contributed by atoms with Gasteiger partial charge in [-0.05, 0) is 38.5 Å². The molecule has 0 spiro atoms. The minimum atomic E-state index is -0.791. The summed E-state index contributed by atoms with van der Waals surface area (Å²) in [5, 5.41) is 2.62. The van der Waals surface area contributed by atoms with E-state index in [9.17, 15) is 14.4 Å². The molecule has 0 fully saturated rings. The second kappa shape index (κ2) is 9.16. The van der Waals surface area contributed by atoms with Crippen molar-refractivity contribution in [2.45, 2.75) is 26.7 Å². The smallest absolute Gasteiger partial charge is 0.411 e. The van der Waals surface area contributed by atoms with E-state index in [1.165, 1.54) is 14.2 Å². The number of nitrogens with one attached hydrogen (secondary N) is 1. The molecule has 0 saturated heterocycles. The summed E-state index contributed by atoms with van der Waals surface area (Å²) in [6.45, 7) is 5.35. The Morgan fingerprint density at radius 3 is 2.46 bits per heavy atom. The predicted molar refractivity (Wildman–Crippen MR) is 103 cm³/mol. The molecule has 1 amide bonds. The molecule has 0 aromatic heterocycles. The zero-order chi connectivity index (χ0) is 20.8. The number of hydrogen-bond acceptors (Lipinski definition) is 7. The summed E-state index contributed by atoms with van der Waals surface area (Å²) in [6, 6.07) is 6.86. The van der Waals surface area contributed by atoms with Crippen molar-refractivity contribution in [2.24, 2.45) is 10.9 Å². The van der Waals surface area contributed by atoms with Gasteiger partial charge in [-0.25, -0.2) is 9.59 Å².